The van der Waals surface area contributed by atoms with Crippen LogP contribution in [0.3, 0.4) is 0 Å². The van der Waals surface area contributed by atoms with Crippen molar-refractivity contribution < 1.29 is 9.53 Å². The van der Waals surface area contributed by atoms with Gasteiger partial charge in [-0.1, -0.05) is 23.7 Å². The molecule has 0 saturated heterocycles. The van der Waals surface area contributed by atoms with Gasteiger partial charge >= 0.3 is 6.09 Å². The molecule has 2 rings (SSSR count). The van der Waals surface area contributed by atoms with E-state index < -0.39 is 6.09 Å². The fraction of sp³-hybridized carbons (Fsp3) is 0.167. The van der Waals surface area contributed by atoms with Crippen LogP contribution in [0.2, 0.25) is 5.15 Å². The first-order chi connectivity index (χ1) is 8.56. The first kappa shape index (κ1) is 12.4. The first-order valence-corrected chi connectivity index (χ1v) is 5.68. The molecular weight excluding hydrogens is 254 g/mol. The van der Waals surface area contributed by atoms with E-state index in [0.29, 0.717) is 5.15 Å². The van der Waals surface area contributed by atoms with Gasteiger partial charge in [0.25, 0.3) is 0 Å². The van der Waals surface area contributed by atoms with Gasteiger partial charge in [0.2, 0.25) is 0 Å². The third-order valence-corrected chi connectivity index (χ3v) is 2.60. The van der Waals surface area contributed by atoms with Gasteiger partial charge in [0.1, 0.15) is 6.61 Å². The van der Waals surface area contributed by atoms with E-state index in [9.17, 15) is 4.79 Å². The topological polar surface area (TPSA) is 70.1 Å². The number of halogens is 1. The van der Waals surface area contributed by atoms with E-state index in [1.165, 1.54) is 0 Å². The molecule has 0 bridgehead atoms. The average Bonchev–Trinajstić information content (AvgIpc) is 2.66. The van der Waals surface area contributed by atoms with Crippen molar-refractivity contribution in [2.75, 3.05) is 0 Å². The Kier molecular flexibility index (Phi) is 3.53. The van der Waals surface area contributed by atoms with Crippen molar-refractivity contribution in [1.82, 2.24) is 9.78 Å². The summed E-state index contributed by atoms with van der Waals surface area (Å²) in [5.74, 6) is 0. The van der Waals surface area contributed by atoms with Gasteiger partial charge in [-0.15, -0.1) is 0 Å². The van der Waals surface area contributed by atoms with Gasteiger partial charge in [-0.25, -0.2) is 9.48 Å². The number of carbonyl (C=O) groups is 1. The van der Waals surface area contributed by atoms with Crippen LogP contribution in [0, 0.1) is 6.92 Å². The van der Waals surface area contributed by atoms with Gasteiger partial charge in [0.15, 0.2) is 5.15 Å². The summed E-state index contributed by atoms with van der Waals surface area (Å²) in [5, 5.41) is 4.61. The number of hydrogen-bond acceptors (Lipinski definition) is 3. The molecule has 1 heterocycles. The molecule has 1 aromatic heterocycles. The maximum absolute atomic E-state index is 10.5. The molecule has 2 N–H and O–H groups in total. The van der Waals surface area contributed by atoms with Crippen molar-refractivity contribution in [2.45, 2.75) is 13.5 Å². The number of hydrogen-bond donors (Lipinski definition) is 1. The van der Waals surface area contributed by atoms with Crippen LogP contribution in [0.1, 0.15) is 11.3 Å². The second kappa shape index (κ2) is 5.10. The highest BCUT2D eigenvalue weighted by atomic mass is 35.5. The minimum atomic E-state index is -0.784. The third-order valence-electron chi connectivity index (χ3n) is 2.42. The van der Waals surface area contributed by atoms with Crippen molar-refractivity contribution in [3.05, 3.63) is 46.7 Å². The molecule has 0 spiro atoms. The fourth-order valence-corrected chi connectivity index (χ4v) is 1.82. The van der Waals surface area contributed by atoms with Crippen LogP contribution in [0.25, 0.3) is 5.69 Å². The maximum Gasteiger partial charge on any atom is 0.404 e. The van der Waals surface area contributed by atoms with E-state index >= 15 is 0 Å². The number of primary amides is 1. The summed E-state index contributed by atoms with van der Waals surface area (Å²) < 4.78 is 6.43. The third kappa shape index (κ3) is 2.81. The zero-order chi connectivity index (χ0) is 13.1. The summed E-state index contributed by atoms with van der Waals surface area (Å²) in [6.07, 6.45) is -0.784. The summed E-state index contributed by atoms with van der Waals surface area (Å²) in [6.45, 7) is 2.08. The smallest absolute Gasteiger partial charge is 0.404 e. The number of nitrogens with two attached hydrogens (primary N) is 1. The second-order valence-corrected chi connectivity index (χ2v) is 4.18. The number of aryl methyl sites for hydroxylation is 1. The van der Waals surface area contributed by atoms with Crippen LogP contribution in [0.5, 0.6) is 0 Å². The standard InChI is InChI=1S/C12H12ClN3O2/c1-8-6-11(13)15-16(8)10-4-2-9(3-5-10)7-18-12(14)17/h2-6H,7H2,1H3,(H2,14,17). The molecule has 0 atom stereocenters. The zero-order valence-electron chi connectivity index (χ0n) is 9.76. The van der Waals surface area contributed by atoms with E-state index in [4.69, 9.17) is 22.1 Å². The molecular formula is C12H12ClN3O2. The lowest BCUT2D eigenvalue weighted by Crippen LogP contribution is -2.12. The van der Waals surface area contributed by atoms with Crippen molar-refractivity contribution in [3.63, 3.8) is 0 Å². The minimum Gasteiger partial charge on any atom is -0.445 e. The number of carbonyl (C=O) groups excluding carboxylic acids is 1. The lowest BCUT2D eigenvalue weighted by atomic mass is 10.2. The van der Waals surface area contributed by atoms with Crippen LogP contribution in [-0.4, -0.2) is 15.9 Å². The quantitative estimate of drug-likeness (QED) is 0.926. The molecule has 0 unspecified atom stereocenters. The van der Waals surface area contributed by atoms with Gasteiger partial charge < -0.3 is 10.5 Å². The summed E-state index contributed by atoms with van der Waals surface area (Å²) in [7, 11) is 0. The Bertz CT molecular complexity index is 563. The van der Waals surface area contributed by atoms with Gasteiger partial charge in [0, 0.05) is 5.69 Å². The molecule has 0 saturated carbocycles. The van der Waals surface area contributed by atoms with Crippen LogP contribution >= 0.6 is 11.6 Å². The van der Waals surface area contributed by atoms with Gasteiger partial charge in [0.05, 0.1) is 5.69 Å². The van der Waals surface area contributed by atoms with Crippen molar-refractivity contribution in [2.24, 2.45) is 5.73 Å². The molecule has 0 aliphatic rings. The zero-order valence-corrected chi connectivity index (χ0v) is 10.5. The Balaban J connectivity index is 2.17. The monoisotopic (exact) mass is 265 g/mol. The Morgan fingerprint density at radius 2 is 2.11 bits per heavy atom. The number of nitrogens with zero attached hydrogens (tertiary/aromatic N) is 2. The van der Waals surface area contributed by atoms with Crippen LogP contribution in [0.15, 0.2) is 30.3 Å². The van der Waals surface area contributed by atoms with Crippen LogP contribution in [-0.2, 0) is 11.3 Å². The van der Waals surface area contributed by atoms with E-state index in [-0.39, 0.29) is 6.61 Å². The maximum atomic E-state index is 10.5. The number of benzene rings is 1. The van der Waals surface area contributed by atoms with Gasteiger partial charge in [-0.2, -0.15) is 5.10 Å². The van der Waals surface area contributed by atoms with Crippen molar-refractivity contribution >= 4 is 17.7 Å². The predicted octanol–water partition coefficient (Wildman–Crippen LogP) is 2.43. The largest absolute Gasteiger partial charge is 0.445 e. The SMILES string of the molecule is Cc1cc(Cl)nn1-c1ccc(COC(N)=O)cc1. The highest BCUT2D eigenvalue weighted by Crippen LogP contribution is 2.16. The van der Waals surface area contributed by atoms with Crippen molar-refractivity contribution in [1.29, 1.82) is 0 Å². The Hall–Kier alpha value is -2.01. The molecule has 1 aromatic carbocycles. The molecule has 1 amide bonds. The van der Waals surface area contributed by atoms with Gasteiger partial charge in [-0.05, 0) is 30.7 Å². The second-order valence-electron chi connectivity index (χ2n) is 3.79. The Morgan fingerprint density at radius 3 is 2.61 bits per heavy atom. The van der Waals surface area contributed by atoms with Crippen molar-refractivity contribution in [3.8, 4) is 5.69 Å². The number of rotatable bonds is 3. The first-order valence-electron chi connectivity index (χ1n) is 5.30. The lowest BCUT2D eigenvalue weighted by Gasteiger charge is -2.06. The van der Waals surface area contributed by atoms with Crippen LogP contribution in [0.4, 0.5) is 4.79 Å². The molecule has 0 aliphatic carbocycles. The van der Waals surface area contributed by atoms with E-state index in [0.717, 1.165) is 16.9 Å². The van der Waals surface area contributed by atoms with E-state index in [2.05, 4.69) is 5.10 Å². The summed E-state index contributed by atoms with van der Waals surface area (Å²) in [4.78, 5) is 10.5. The molecule has 2 aromatic rings. The highest BCUT2D eigenvalue weighted by molar-refractivity contribution is 6.29. The number of aromatic nitrogens is 2. The number of amides is 1. The van der Waals surface area contributed by atoms with Crippen LogP contribution < -0.4 is 5.73 Å². The molecule has 94 valence electrons. The Morgan fingerprint density at radius 1 is 1.44 bits per heavy atom. The molecule has 5 nitrogen and oxygen atoms in total. The summed E-state index contributed by atoms with van der Waals surface area (Å²) in [6, 6.07) is 9.21. The summed E-state index contributed by atoms with van der Waals surface area (Å²) >= 11 is 5.83. The lowest BCUT2D eigenvalue weighted by molar-refractivity contribution is 0.150. The van der Waals surface area contributed by atoms with E-state index in [1.54, 1.807) is 10.7 Å². The molecule has 6 heteroatoms. The predicted molar refractivity (Wildman–Crippen MR) is 67.7 cm³/mol. The average molecular weight is 266 g/mol. The Labute approximate surface area is 109 Å². The summed E-state index contributed by atoms with van der Waals surface area (Å²) in [5.41, 5.74) is 7.59. The normalized spacial score (nSPS) is 10.3. The molecule has 18 heavy (non-hydrogen) atoms. The molecule has 0 aliphatic heterocycles. The number of ether oxygens (including phenoxy) is 1. The molecule has 0 fully saturated rings. The molecule has 0 radical (unpaired) electrons. The minimum absolute atomic E-state index is 0.161. The highest BCUT2D eigenvalue weighted by Gasteiger charge is 2.04. The fourth-order valence-electron chi connectivity index (χ4n) is 1.59. The van der Waals surface area contributed by atoms with Gasteiger partial charge in [-0.3, -0.25) is 0 Å². The van der Waals surface area contributed by atoms with E-state index in [1.807, 2.05) is 31.2 Å².